The molecule has 2 aromatic rings. The lowest BCUT2D eigenvalue weighted by molar-refractivity contribution is -0.137. The number of pyridine rings is 1. The summed E-state index contributed by atoms with van der Waals surface area (Å²) in [5.74, 6) is -2.04. The van der Waals surface area contributed by atoms with E-state index in [0.29, 0.717) is 17.1 Å². The number of nitrogens with zero attached hydrogens (tertiary/aromatic N) is 3. The van der Waals surface area contributed by atoms with Gasteiger partial charge in [0, 0.05) is 11.6 Å². The average Bonchev–Trinajstić information content (AvgIpc) is 2.87. The molecular weight excluding hydrogens is 315 g/mol. The largest absolute Gasteiger partial charge is 0.448 e. The summed E-state index contributed by atoms with van der Waals surface area (Å²) in [5, 5.41) is 3.40. The molecule has 0 saturated heterocycles. The number of aromatic nitrogens is 3. The van der Waals surface area contributed by atoms with Gasteiger partial charge in [0.15, 0.2) is 0 Å². The summed E-state index contributed by atoms with van der Waals surface area (Å²) in [4.78, 5) is 28.0. The second-order valence-corrected chi connectivity index (χ2v) is 5.58. The van der Waals surface area contributed by atoms with Gasteiger partial charge in [0.2, 0.25) is 11.7 Å². The number of alkyl halides is 3. The highest BCUT2D eigenvalue weighted by Gasteiger charge is 2.34. The first-order chi connectivity index (χ1) is 10.6. The Hall–Kier alpha value is -2.45. The van der Waals surface area contributed by atoms with Gasteiger partial charge in [-0.05, 0) is 18.6 Å². The molecule has 23 heavy (non-hydrogen) atoms. The maximum absolute atomic E-state index is 12.8. The zero-order valence-corrected chi connectivity index (χ0v) is 12.6. The van der Waals surface area contributed by atoms with Crippen molar-refractivity contribution in [1.82, 2.24) is 14.7 Å². The van der Waals surface area contributed by atoms with Gasteiger partial charge in [-0.1, -0.05) is 25.9 Å². The molecule has 0 aliphatic carbocycles. The summed E-state index contributed by atoms with van der Waals surface area (Å²) in [6.07, 6.45) is -3.24. The minimum atomic E-state index is -4.58. The lowest BCUT2D eigenvalue weighted by atomic mass is 9.89. The zero-order valence-electron chi connectivity index (χ0n) is 12.6. The third kappa shape index (κ3) is 3.17. The van der Waals surface area contributed by atoms with Crippen LogP contribution in [0.2, 0.25) is 0 Å². The van der Waals surface area contributed by atoms with Crippen LogP contribution in [0.15, 0.2) is 27.6 Å². The Morgan fingerprint density at radius 1 is 1.35 bits per heavy atom. The Balaban J connectivity index is 2.60. The monoisotopic (exact) mass is 329 g/mol. The molecule has 2 rings (SSSR count). The van der Waals surface area contributed by atoms with Crippen LogP contribution >= 0.6 is 0 Å². The molecule has 0 fully saturated rings. The molecule has 0 unspecified atom stereocenters. The first-order valence-corrected chi connectivity index (χ1v) is 6.75. The van der Waals surface area contributed by atoms with Gasteiger partial charge in [0.25, 0.3) is 0 Å². The third-order valence-electron chi connectivity index (χ3n) is 3.59. The van der Waals surface area contributed by atoms with Crippen LogP contribution in [0.4, 0.5) is 13.2 Å². The van der Waals surface area contributed by atoms with Gasteiger partial charge in [-0.25, -0.2) is 4.79 Å². The molecule has 6 nitrogen and oxygen atoms in total. The molecule has 0 aliphatic heterocycles. The van der Waals surface area contributed by atoms with E-state index in [1.165, 1.54) is 0 Å². The molecule has 124 valence electrons. The second-order valence-electron chi connectivity index (χ2n) is 5.58. The second kappa shape index (κ2) is 5.64. The quantitative estimate of drug-likeness (QED) is 0.865. The highest BCUT2D eigenvalue weighted by Crippen LogP contribution is 2.31. The first-order valence-electron chi connectivity index (χ1n) is 6.75. The Morgan fingerprint density at radius 2 is 2.00 bits per heavy atom. The van der Waals surface area contributed by atoms with Crippen LogP contribution in [-0.2, 0) is 6.18 Å². The third-order valence-corrected chi connectivity index (χ3v) is 3.59. The predicted octanol–water partition coefficient (Wildman–Crippen LogP) is 2.99. The van der Waals surface area contributed by atoms with Gasteiger partial charge < -0.3 is 0 Å². The van der Waals surface area contributed by atoms with Crippen molar-refractivity contribution in [2.75, 3.05) is 0 Å². The minimum absolute atomic E-state index is 0.272. The molecule has 0 radical (unpaired) electrons. The van der Waals surface area contributed by atoms with Crippen molar-refractivity contribution >= 4 is 5.91 Å². The molecule has 0 amide bonds. The predicted molar refractivity (Wildman–Crippen MR) is 73.7 cm³/mol. The van der Waals surface area contributed by atoms with E-state index >= 15 is 0 Å². The lowest BCUT2D eigenvalue weighted by Crippen LogP contribution is -2.35. The molecule has 0 aromatic carbocycles. The van der Waals surface area contributed by atoms with Crippen molar-refractivity contribution in [2.24, 2.45) is 5.41 Å². The average molecular weight is 329 g/mol. The molecule has 2 heterocycles. The van der Waals surface area contributed by atoms with Crippen molar-refractivity contribution in [2.45, 2.75) is 33.4 Å². The minimum Gasteiger partial charge on any atom is -0.295 e. The zero-order chi connectivity index (χ0) is 17.4. The molecule has 0 aliphatic rings. The van der Waals surface area contributed by atoms with Crippen LogP contribution in [0, 0.1) is 5.41 Å². The molecule has 0 N–H and O–H groups in total. The van der Waals surface area contributed by atoms with E-state index in [-0.39, 0.29) is 11.5 Å². The number of halogens is 3. The van der Waals surface area contributed by atoms with Crippen LogP contribution in [0.3, 0.4) is 0 Å². The van der Waals surface area contributed by atoms with Crippen molar-refractivity contribution in [1.29, 1.82) is 0 Å². The van der Waals surface area contributed by atoms with Crippen molar-refractivity contribution in [3.8, 4) is 11.5 Å². The van der Waals surface area contributed by atoms with E-state index in [9.17, 15) is 22.8 Å². The van der Waals surface area contributed by atoms with Crippen LogP contribution in [-0.4, -0.2) is 20.6 Å². The SMILES string of the molecule is CCC(C)(C)C(=O)n1c(-c2cc(C(F)(F)F)ccn2)noc1=O. The van der Waals surface area contributed by atoms with Crippen LogP contribution in [0.1, 0.15) is 37.6 Å². The smallest absolute Gasteiger partial charge is 0.295 e. The highest BCUT2D eigenvalue weighted by atomic mass is 19.4. The van der Waals surface area contributed by atoms with E-state index in [0.717, 1.165) is 12.3 Å². The van der Waals surface area contributed by atoms with Crippen LogP contribution in [0.5, 0.6) is 0 Å². The fraction of sp³-hybridized carbons (Fsp3) is 0.429. The fourth-order valence-corrected chi connectivity index (χ4v) is 1.77. The number of carbonyl (C=O) groups excluding carboxylic acids is 1. The van der Waals surface area contributed by atoms with E-state index in [4.69, 9.17) is 0 Å². The first kappa shape index (κ1) is 16.9. The van der Waals surface area contributed by atoms with E-state index in [2.05, 4.69) is 14.7 Å². The summed E-state index contributed by atoms with van der Waals surface area (Å²) in [6, 6.07) is 1.49. The van der Waals surface area contributed by atoms with E-state index in [1.54, 1.807) is 20.8 Å². The molecule has 0 atom stereocenters. The van der Waals surface area contributed by atoms with Gasteiger partial charge in [0.05, 0.1) is 5.56 Å². The number of hydrogen-bond acceptors (Lipinski definition) is 5. The molecule has 2 aromatic heterocycles. The number of carbonyl (C=O) groups is 1. The Kier molecular flexibility index (Phi) is 4.14. The maximum atomic E-state index is 12.8. The summed E-state index contributed by atoms with van der Waals surface area (Å²) in [6.45, 7) is 4.97. The Morgan fingerprint density at radius 3 is 2.57 bits per heavy atom. The van der Waals surface area contributed by atoms with Gasteiger partial charge in [-0.3, -0.25) is 14.3 Å². The summed E-state index contributed by atoms with van der Waals surface area (Å²) >= 11 is 0. The lowest BCUT2D eigenvalue weighted by Gasteiger charge is -2.20. The van der Waals surface area contributed by atoms with Crippen molar-refractivity contribution < 1.29 is 22.5 Å². The normalized spacial score (nSPS) is 12.4. The van der Waals surface area contributed by atoms with Crippen LogP contribution in [0.25, 0.3) is 11.5 Å². The Labute approximate surface area is 128 Å². The van der Waals surface area contributed by atoms with E-state index in [1.807, 2.05) is 0 Å². The molecule has 9 heteroatoms. The number of rotatable bonds is 3. The molecule has 0 bridgehead atoms. The molecule has 0 spiro atoms. The summed E-state index contributed by atoms with van der Waals surface area (Å²) in [7, 11) is 0. The van der Waals surface area contributed by atoms with Gasteiger partial charge in [-0.2, -0.15) is 17.7 Å². The summed E-state index contributed by atoms with van der Waals surface area (Å²) in [5.41, 5.74) is -2.15. The van der Waals surface area contributed by atoms with Gasteiger partial charge in [-0.15, -0.1) is 0 Å². The topological polar surface area (TPSA) is 78.0 Å². The van der Waals surface area contributed by atoms with E-state index < -0.39 is 28.8 Å². The number of hydrogen-bond donors (Lipinski definition) is 0. The summed E-state index contributed by atoms with van der Waals surface area (Å²) < 4.78 is 43.4. The molecular formula is C14H14F3N3O3. The van der Waals surface area contributed by atoms with Crippen molar-refractivity contribution in [3.05, 3.63) is 34.4 Å². The Bertz CT molecular complexity index is 790. The maximum Gasteiger partial charge on any atom is 0.448 e. The van der Waals surface area contributed by atoms with Gasteiger partial charge in [0.1, 0.15) is 5.69 Å². The van der Waals surface area contributed by atoms with Gasteiger partial charge >= 0.3 is 11.9 Å². The van der Waals surface area contributed by atoms with Crippen LogP contribution < -0.4 is 5.76 Å². The standard InChI is InChI=1S/C14H14F3N3O3/c1-4-13(2,3)11(21)20-10(19-23-12(20)22)9-7-8(5-6-18-9)14(15,16)17/h5-7H,4H2,1-3H3. The van der Waals surface area contributed by atoms with Crippen molar-refractivity contribution in [3.63, 3.8) is 0 Å². The fourth-order valence-electron chi connectivity index (χ4n) is 1.77. The molecule has 0 saturated carbocycles. The highest BCUT2D eigenvalue weighted by molar-refractivity contribution is 5.86.